The van der Waals surface area contributed by atoms with Crippen LogP contribution in [0.3, 0.4) is 0 Å². The largest absolute Gasteiger partial charge is 0.352 e. The highest BCUT2D eigenvalue weighted by Gasteiger charge is 2.01. The number of carbonyl (C=O) groups excluding carboxylic acids is 1. The molecule has 0 heterocycles. The van der Waals surface area contributed by atoms with Crippen LogP contribution in [-0.2, 0) is 17.8 Å². The van der Waals surface area contributed by atoms with Crippen LogP contribution in [0.4, 0.5) is 0 Å². The third kappa shape index (κ3) is 5.53. The van der Waals surface area contributed by atoms with Gasteiger partial charge in [0.2, 0.25) is 5.91 Å². The van der Waals surface area contributed by atoms with Crippen LogP contribution in [-0.4, -0.2) is 5.91 Å². The Morgan fingerprint density at radius 3 is 2.65 bits per heavy atom. The first kappa shape index (κ1) is 13.8. The maximum atomic E-state index is 11.5. The summed E-state index contributed by atoms with van der Waals surface area (Å²) in [4.78, 5) is 11.5. The standard InChI is InChI=1S/C15H23NO/c1-3-5-6-10-15(17)16-12-14-9-7-8-13(4-2)11-14/h7-9,11H,3-6,10,12H2,1-2H3,(H,16,17). The van der Waals surface area contributed by atoms with Gasteiger partial charge in [-0.1, -0.05) is 51.0 Å². The second-order valence-corrected chi connectivity index (χ2v) is 4.41. The second-order valence-electron chi connectivity index (χ2n) is 4.41. The summed E-state index contributed by atoms with van der Waals surface area (Å²) in [6.45, 7) is 4.94. The zero-order valence-corrected chi connectivity index (χ0v) is 11.0. The van der Waals surface area contributed by atoms with Crippen LogP contribution in [0.1, 0.15) is 50.7 Å². The molecule has 0 aliphatic heterocycles. The maximum Gasteiger partial charge on any atom is 0.220 e. The Morgan fingerprint density at radius 2 is 1.94 bits per heavy atom. The quantitative estimate of drug-likeness (QED) is 0.718. The van der Waals surface area contributed by atoms with Gasteiger partial charge in [0.25, 0.3) is 0 Å². The van der Waals surface area contributed by atoms with Gasteiger partial charge in [0.05, 0.1) is 0 Å². The van der Waals surface area contributed by atoms with Crippen LogP contribution in [0.5, 0.6) is 0 Å². The Labute approximate surface area is 104 Å². The molecule has 0 atom stereocenters. The van der Waals surface area contributed by atoms with Gasteiger partial charge >= 0.3 is 0 Å². The van der Waals surface area contributed by atoms with Crippen molar-refractivity contribution in [2.45, 2.75) is 52.5 Å². The van der Waals surface area contributed by atoms with Crippen molar-refractivity contribution >= 4 is 5.91 Å². The zero-order chi connectivity index (χ0) is 12.5. The van der Waals surface area contributed by atoms with Gasteiger partial charge in [-0.15, -0.1) is 0 Å². The molecule has 0 unspecified atom stereocenters. The van der Waals surface area contributed by atoms with E-state index in [-0.39, 0.29) is 5.91 Å². The van der Waals surface area contributed by atoms with E-state index in [1.54, 1.807) is 0 Å². The van der Waals surface area contributed by atoms with Crippen LogP contribution in [0.2, 0.25) is 0 Å². The van der Waals surface area contributed by atoms with Crippen LogP contribution < -0.4 is 5.32 Å². The van der Waals surface area contributed by atoms with Crippen LogP contribution in [0.15, 0.2) is 24.3 Å². The van der Waals surface area contributed by atoms with Gasteiger partial charge in [-0.2, -0.15) is 0 Å². The lowest BCUT2D eigenvalue weighted by Crippen LogP contribution is -2.22. The molecule has 0 saturated carbocycles. The lowest BCUT2D eigenvalue weighted by Gasteiger charge is -2.06. The van der Waals surface area contributed by atoms with Crippen molar-refractivity contribution in [3.05, 3.63) is 35.4 Å². The van der Waals surface area contributed by atoms with E-state index in [4.69, 9.17) is 0 Å². The van der Waals surface area contributed by atoms with E-state index in [9.17, 15) is 4.79 Å². The summed E-state index contributed by atoms with van der Waals surface area (Å²) in [6.07, 6.45) is 4.99. The minimum Gasteiger partial charge on any atom is -0.352 e. The Bertz CT molecular complexity index is 347. The topological polar surface area (TPSA) is 29.1 Å². The molecule has 2 nitrogen and oxygen atoms in total. The van der Waals surface area contributed by atoms with Crippen LogP contribution in [0, 0.1) is 0 Å². The number of rotatable bonds is 7. The van der Waals surface area contributed by atoms with Gasteiger partial charge < -0.3 is 5.32 Å². The number of unbranched alkanes of at least 4 members (excludes halogenated alkanes) is 2. The molecule has 0 bridgehead atoms. The molecule has 0 radical (unpaired) electrons. The monoisotopic (exact) mass is 233 g/mol. The summed E-state index contributed by atoms with van der Waals surface area (Å²) < 4.78 is 0. The van der Waals surface area contributed by atoms with Crippen molar-refractivity contribution < 1.29 is 4.79 Å². The molecule has 0 aromatic heterocycles. The number of carbonyl (C=O) groups is 1. The molecule has 1 aromatic rings. The Morgan fingerprint density at radius 1 is 1.18 bits per heavy atom. The van der Waals surface area contributed by atoms with Crippen molar-refractivity contribution in [2.75, 3.05) is 0 Å². The lowest BCUT2D eigenvalue weighted by atomic mass is 10.1. The predicted molar refractivity (Wildman–Crippen MR) is 71.8 cm³/mol. The van der Waals surface area contributed by atoms with Gasteiger partial charge in [-0.05, 0) is 24.0 Å². The van der Waals surface area contributed by atoms with E-state index in [1.165, 1.54) is 11.1 Å². The molecule has 0 fully saturated rings. The average molecular weight is 233 g/mol. The number of nitrogens with one attached hydrogen (secondary N) is 1. The number of amides is 1. The van der Waals surface area contributed by atoms with Crippen LogP contribution in [0.25, 0.3) is 0 Å². The van der Waals surface area contributed by atoms with Gasteiger partial charge in [0.1, 0.15) is 0 Å². The number of hydrogen-bond acceptors (Lipinski definition) is 1. The lowest BCUT2D eigenvalue weighted by molar-refractivity contribution is -0.121. The second kappa shape index (κ2) is 7.88. The fourth-order valence-corrected chi connectivity index (χ4v) is 1.78. The first-order chi connectivity index (χ1) is 8.26. The third-order valence-corrected chi connectivity index (χ3v) is 2.90. The molecule has 94 valence electrons. The van der Waals surface area contributed by atoms with Crippen molar-refractivity contribution in [1.29, 1.82) is 0 Å². The molecule has 2 heteroatoms. The molecular weight excluding hydrogens is 210 g/mol. The van der Waals surface area contributed by atoms with Crippen molar-refractivity contribution in [1.82, 2.24) is 5.32 Å². The average Bonchev–Trinajstić information content (AvgIpc) is 2.37. The van der Waals surface area contributed by atoms with E-state index < -0.39 is 0 Å². The molecule has 0 spiro atoms. The Kier molecular flexibility index (Phi) is 6.38. The first-order valence-corrected chi connectivity index (χ1v) is 6.60. The molecular formula is C15H23NO. The molecule has 1 N–H and O–H groups in total. The van der Waals surface area contributed by atoms with Crippen molar-refractivity contribution in [2.24, 2.45) is 0 Å². The SMILES string of the molecule is CCCCCC(=O)NCc1cccc(CC)c1. The molecule has 0 aliphatic rings. The van der Waals surface area contributed by atoms with Crippen LogP contribution >= 0.6 is 0 Å². The molecule has 1 amide bonds. The summed E-state index contributed by atoms with van der Waals surface area (Å²) in [5.74, 6) is 0.167. The van der Waals surface area contributed by atoms with Gasteiger partial charge in [-0.3, -0.25) is 4.79 Å². The molecule has 0 aliphatic carbocycles. The number of benzene rings is 1. The molecule has 1 rings (SSSR count). The van der Waals surface area contributed by atoms with Gasteiger partial charge in [0.15, 0.2) is 0 Å². The fourth-order valence-electron chi connectivity index (χ4n) is 1.78. The fraction of sp³-hybridized carbons (Fsp3) is 0.533. The minimum absolute atomic E-state index is 0.167. The Hall–Kier alpha value is -1.31. The van der Waals surface area contributed by atoms with Gasteiger partial charge in [0, 0.05) is 13.0 Å². The number of hydrogen-bond donors (Lipinski definition) is 1. The summed E-state index contributed by atoms with van der Waals surface area (Å²) >= 11 is 0. The van der Waals surface area contributed by atoms with E-state index in [1.807, 2.05) is 0 Å². The highest BCUT2D eigenvalue weighted by molar-refractivity contribution is 5.75. The number of aryl methyl sites for hydroxylation is 1. The van der Waals surface area contributed by atoms with Crippen molar-refractivity contribution in [3.8, 4) is 0 Å². The summed E-state index contributed by atoms with van der Waals surface area (Å²) in [5.41, 5.74) is 2.51. The predicted octanol–water partition coefficient (Wildman–Crippen LogP) is 3.45. The van der Waals surface area contributed by atoms with Crippen molar-refractivity contribution in [3.63, 3.8) is 0 Å². The van der Waals surface area contributed by atoms with E-state index >= 15 is 0 Å². The van der Waals surface area contributed by atoms with E-state index in [0.717, 1.165) is 25.7 Å². The molecule has 1 aromatic carbocycles. The van der Waals surface area contributed by atoms with Gasteiger partial charge in [-0.25, -0.2) is 0 Å². The third-order valence-electron chi connectivity index (χ3n) is 2.90. The normalized spacial score (nSPS) is 10.2. The molecule has 0 saturated heterocycles. The smallest absolute Gasteiger partial charge is 0.220 e. The Balaban J connectivity index is 2.31. The first-order valence-electron chi connectivity index (χ1n) is 6.60. The zero-order valence-electron chi connectivity index (χ0n) is 11.0. The highest BCUT2D eigenvalue weighted by atomic mass is 16.1. The summed E-state index contributed by atoms with van der Waals surface area (Å²) in [5, 5.41) is 2.97. The molecule has 17 heavy (non-hydrogen) atoms. The highest BCUT2D eigenvalue weighted by Crippen LogP contribution is 2.06. The summed E-state index contributed by atoms with van der Waals surface area (Å²) in [7, 11) is 0. The van der Waals surface area contributed by atoms with E-state index in [0.29, 0.717) is 13.0 Å². The van der Waals surface area contributed by atoms with E-state index in [2.05, 4.69) is 43.4 Å². The maximum absolute atomic E-state index is 11.5. The minimum atomic E-state index is 0.167. The summed E-state index contributed by atoms with van der Waals surface area (Å²) in [6, 6.07) is 8.39.